The summed E-state index contributed by atoms with van der Waals surface area (Å²) in [5.41, 5.74) is 5.24. The zero-order valence-electron chi connectivity index (χ0n) is 13.8. The molecule has 24 heavy (non-hydrogen) atoms. The van der Waals surface area contributed by atoms with Crippen molar-refractivity contribution in [2.45, 2.75) is 20.3 Å². The SMILES string of the molecule is Cc1ccc(NC(=O)/C(C#N)=C\N2CCc3ccccc32)c(C)c1. The van der Waals surface area contributed by atoms with Crippen LogP contribution in [0.15, 0.2) is 54.2 Å². The summed E-state index contributed by atoms with van der Waals surface area (Å²) in [4.78, 5) is 14.4. The van der Waals surface area contributed by atoms with Crippen molar-refractivity contribution in [3.63, 3.8) is 0 Å². The highest BCUT2D eigenvalue weighted by atomic mass is 16.1. The number of nitrogens with zero attached hydrogens (tertiary/aromatic N) is 2. The Balaban J connectivity index is 1.81. The molecule has 1 aliphatic heterocycles. The van der Waals surface area contributed by atoms with E-state index >= 15 is 0 Å². The molecule has 120 valence electrons. The normalized spacial score (nSPS) is 13.4. The first kappa shape index (κ1) is 15.8. The van der Waals surface area contributed by atoms with Gasteiger partial charge in [0.2, 0.25) is 0 Å². The number of benzene rings is 2. The van der Waals surface area contributed by atoms with Crippen LogP contribution in [0.1, 0.15) is 16.7 Å². The summed E-state index contributed by atoms with van der Waals surface area (Å²) in [5.74, 6) is -0.381. The molecule has 4 nitrogen and oxygen atoms in total. The van der Waals surface area contributed by atoms with Gasteiger partial charge < -0.3 is 10.2 Å². The van der Waals surface area contributed by atoms with E-state index < -0.39 is 0 Å². The highest BCUT2D eigenvalue weighted by Gasteiger charge is 2.19. The van der Waals surface area contributed by atoms with Gasteiger partial charge in [0.15, 0.2) is 0 Å². The molecule has 0 unspecified atom stereocenters. The minimum Gasteiger partial charge on any atom is -0.346 e. The average molecular weight is 317 g/mol. The number of carbonyl (C=O) groups is 1. The van der Waals surface area contributed by atoms with E-state index in [1.54, 1.807) is 6.20 Å². The van der Waals surface area contributed by atoms with E-state index in [1.807, 2.05) is 61.2 Å². The minimum absolute atomic E-state index is 0.103. The molecule has 0 saturated heterocycles. The maximum atomic E-state index is 12.5. The van der Waals surface area contributed by atoms with Gasteiger partial charge in [-0.1, -0.05) is 35.9 Å². The first-order valence-electron chi connectivity index (χ1n) is 7.93. The van der Waals surface area contributed by atoms with Crippen LogP contribution < -0.4 is 10.2 Å². The van der Waals surface area contributed by atoms with Gasteiger partial charge in [0.1, 0.15) is 11.6 Å². The van der Waals surface area contributed by atoms with Gasteiger partial charge in [-0.3, -0.25) is 4.79 Å². The Morgan fingerprint density at radius 2 is 2.04 bits per heavy atom. The fraction of sp³-hybridized carbons (Fsp3) is 0.200. The Morgan fingerprint density at radius 3 is 2.79 bits per heavy atom. The lowest BCUT2D eigenvalue weighted by Gasteiger charge is -2.15. The lowest BCUT2D eigenvalue weighted by atomic mass is 10.1. The molecular formula is C20H19N3O. The molecule has 0 bridgehead atoms. The Kier molecular flexibility index (Phi) is 4.35. The smallest absolute Gasteiger partial charge is 0.267 e. The number of nitrogens with one attached hydrogen (secondary N) is 1. The van der Waals surface area contributed by atoms with Gasteiger partial charge in [-0.05, 0) is 43.5 Å². The highest BCUT2D eigenvalue weighted by Crippen LogP contribution is 2.28. The number of carbonyl (C=O) groups excluding carboxylic acids is 1. The molecule has 0 saturated carbocycles. The van der Waals surface area contributed by atoms with Crippen LogP contribution in [0.25, 0.3) is 0 Å². The van der Waals surface area contributed by atoms with Gasteiger partial charge in [-0.15, -0.1) is 0 Å². The monoisotopic (exact) mass is 317 g/mol. The fourth-order valence-electron chi connectivity index (χ4n) is 2.94. The average Bonchev–Trinajstić information content (AvgIpc) is 2.98. The van der Waals surface area contributed by atoms with Crippen LogP contribution in [0.5, 0.6) is 0 Å². The number of fused-ring (bicyclic) bond motifs is 1. The second kappa shape index (κ2) is 6.59. The zero-order valence-corrected chi connectivity index (χ0v) is 13.8. The van der Waals surface area contributed by atoms with Crippen molar-refractivity contribution in [1.29, 1.82) is 5.26 Å². The van der Waals surface area contributed by atoms with E-state index in [0.29, 0.717) is 0 Å². The van der Waals surface area contributed by atoms with Gasteiger partial charge in [-0.25, -0.2) is 0 Å². The van der Waals surface area contributed by atoms with Crippen molar-refractivity contribution in [2.75, 3.05) is 16.8 Å². The molecule has 1 amide bonds. The summed E-state index contributed by atoms with van der Waals surface area (Å²) >= 11 is 0. The molecule has 1 heterocycles. The summed E-state index contributed by atoms with van der Waals surface area (Å²) in [6.45, 7) is 4.72. The Labute approximate surface area is 142 Å². The quantitative estimate of drug-likeness (QED) is 0.693. The molecule has 0 aromatic heterocycles. The summed E-state index contributed by atoms with van der Waals surface area (Å²) in [5, 5.41) is 12.2. The number of para-hydroxylation sites is 1. The van der Waals surface area contributed by atoms with Crippen LogP contribution in [0.3, 0.4) is 0 Å². The third kappa shape index (κ3) is 3.16. The van der Waals surface area contributed by atoms with E-state index in [0.717, 1.165) is 35.5 Å². The van der Waals surface area contributed by atoms with Gasteiger partial charge >= 0.3 is 0 Å². The number of rotatable bonds is 3. The Bertz CT molecular complexity index is 861. The number of hydrogen-bond donors (Lipinski definition) is 1. The molecule has 1 aliphatic rings. The van der Waals surface area contributed by atoms with Crippen molar-refractivity contribution in [3.05, 3.63) is 70.9 Å². The minimum atomic E-state index is -0.381. The van der Waals surface area contributed by atoms with Crippen molar-refractivity contribution in [1.82, 2.24) is 0 Å². The topological polar surface area (TPSA) is 56.1 Å². The molecule has 1 N–H and O–H groups in total. The molecule has 2 aromatic carbocycles. The third-order valence-electron chi connectivity index (χ3n) is 4.20. The first-order valence-corrected chi connectivity index (χ1v) is 7.93. The Hall–Kier alpha value is -3.06. The van der Waals surface area contributed by atoms with Crippen LogP contribution >= 0.6 is 0 Å². The molecule has 0 fully saturated rings. The second-order valence-electron chi connectivity index (χ2n) is 6.00. The number of nitriles is 1. The van der Waals surface area contributed by atoms with E-state index in [1.165, 1.54) is 5.56 Å². The van der Waals surface area contributed by atoms with Crippen LogP contribution in [0.4, 0.5) is 11.4 Å². The van der Waals surface area contributed by atoms with E-state index in [2.05, 4.69) is 11.4 Å². The van der Waals surface area contributed by atoms with Crippen LogP contribution in [-0.2, 0) is 11.2 Å². The molecule has 0 spiro atoms. The molecule has 2 aromatic rings. The summed E-state index contributed by atoms with van der Waals surface area (Å²) in [7, 11) is 0. The number of amides is 1. The molecule has 0 atom stereocenters. The predicted molar refractivity (Wildman–Crippen MR) is 95.7 cm³/mol. The molecule has 0 radical (unpaired) electrons. The van der Waals surface area contributed by atoms with Crippen LogP contribution in [0.2, 0.25) is 0 Å². The van der Waals surface area contributed by atoms with Gasteiger partial charge in [0.05, 0.1) is 0 Å². The summed E-state index contributed by atoms with van der Waals surface area (Å²) in [6.07, 6.45) is 2.56. The Morgan fingerprint density at radius 1 is 1.25 bits per heavy atom. The summed E-state index contributed by atoms with van der Waals surface area (Å²) in [6, 6.07) is 15.9. The fourth-order valence-corrected chi connectivity index (χ4v) is 2.94. The number of hydrogen-bond acceptors (Lipinski definition) is 3. The van der Waals surface area contributed by atoms with E-state index in [9.17, 15) is 10.1 Å². The molecule has 4 heteroatoms. The molecule has 0 aliphatic carbocycles. The standard InChI is InChI=1S/C20H19N3O/c1-14-7-8-18(15(2)11-14)22-20(24)17(12-21)13-23-10-9-16-5-3-4-6-19(16)23/h3-8,11,13H,9-10H2,1-2H3,(H,22,24)/b17-13-. The van der Waals surface area contributed by atoms with E-state index in [-0.39, 0.29) is 11.5 Å². The number of aryl methyl sites for hydroxylation is 2. The third-order valence-corrected chi connectivity index (χ3v) is 4.20. The van der Waals surface area contributed by atoms with Gasteiger partial charge in [0.25, 0.3) is 5.91 Å². The highest BCUT2D eigenvalue weighted by molar-refractivity contribution is 6.07. The van der Waals surface area contributed by atoms with Crippen LogP contribution in [0, 0.1) is 25.2 Å². The zero-order chi connectivity index (χ0) is 17.1. The van der Waals surface area contributed by atoms with Crippen molar-refractivity contribution in [3.8, 4) is 6.07 Å². The molecular weight excluding hydrogens is 298 g/mol. The van der Waals surface area contributed by atoms with Crippen molar-refractivity contribution in [2.24, 2.45) is 0 Å². The summed E-state index contributed by atoms with van der Waals surface area (Å²) < 4.78 is 0. The molecule has 3 rings (SSSR count). The number of anilines is 2. The largest absolute Gasteiger partial charge is 0.346 e. The van der Waals surface area contributed by atoms with Crippen molar-refractivity contribution >= 4 is 17.3 Å². The lowest BCUT2D eigenvalue weighted by molar-refractivity contribution is -0.112. The van der Waals surface area contributed by atoms with Gasteiger partial charge in [-0.2, -0.15) is 5.26 Å². The second-order valence-corrected chi connectivity index (χ2v) is 6.00. The van der Waals surface area contributed by atoms with E-state index in [4.69, 9.17) is 0 Å². The maximum Gasteiger partial charge on any atom is 0.267 e. The lowest BCUT2D eigenvalue weighted by Crippen LogP contribution is -2.19. The first-order chi connectivity index (χ1) is 11.6. The van der Waals surface area contributed by atoms with Gasteiger partial charge in [0, 0.05) is 24.1 Å². The van der Waals surface area contributed by atoms with Crippen molar-refractivity contribution < 1.29 is 4.79 Å². The van der Waals surface area contributed by atoms with Crippen LogP contribution in [-0.4, -0.2) is 12.5 Å². The maximum absolute atomic E-state index is 12.5. The predicted octanol–water partition coefficient (Wildman–Crippen LogP) is 3.71.